The highest BCUT2D eigenvalue weighted by molar-refractivity contribution is 5.62. The summed E-state index contributed by atoms with van der Waals surface area (Å²) in [7, 11) is 1.68. The molecular weight excluding hydrogens is 286 g/mol. The minimum absolute atomic E-state index is 0.597. The van der Waals surface area contributed by atoms with E-state index in [1.54, 1.807) is 7.11 Å². The minimum Gasteiger partial charge on any atom is -0.497 e. The Hall–Kier alpha value is -2.59. The summed E-state index contributed by atoms with van der Waals surface area (Å²) in [5.74, 6) is 0.843. The smallest absolute Gasteiger partial charge is 0.119 e. The first kappa shape index (κ1) is 15.3. The largest absolute Gasteiger partial charge is 0.497 e. The van der Waals surface area contributed by atoms with Gasteiger partial charge in [-0.25, -0.2) is 0 Å². The van der Waals surface area contributed by atoms with Gasteiger partial charge in [0.05, 0.1) is 25.0 Å². The Morgan fingerprint density at radius 1 is 1.04 bits per heavy atom. The lowest BCUT2D eigenvalue weighted by atomic mass is 10.1. The molecule has 2 N–H and O–H groups in total. The molecule has 0 unspecified atom stereocenters. The molecule has 0 bridgehead atoms. The van der Waals surface area contributed by atoms with Gasteiger partial charge in [0, 0.05) is 12.0 Å². The van der Waals surface area contributed by atoms with E-state index in [-0.39, 0.29) is 0 Å². The van der Waals surface area contributed by atoms with Gasteiger partial charge in [0.2, 0.25) is 0 Å². The first-order valence-electron chi connectivity index (χ1n) is 7.75. The van der Waals surface area contributed by atoms with Crippen molar-refractivity contribution >= 4 is 0 Å². The Kier molecular flexibility index (Phi) is 4.74. The first-order valence-corrected chi connectivity index (χ1v) is 7.75. The zero-order valence-electron chi connectivity index (χ0n) is 13.3. The van der Waals surface area contributed by atoms with Gasteiger partial charge in [-0.15, -0.1) is 0 Å². The van der Waals surface area contributed by atoms with Gasteiger partial charge in [-0.3, -0.25) is 4.68 Å². The Bertz CT molecular complexity index is 765. The monoisotopic (exact) mass is 307 g/mol. The highest BCUT2D eigenvalue weighted by Crippen LogP contribution is 2.25. The lowest BCUT2D eigenvalue weighted by Gasteiger charge is -2.09. The maximum absolute atomic E-state index is 5.69. The van der Waals surface area contributed by atoms with E-state index in [1.807, 2.05) is 41.1 Å². The van der Waals surface area contributed by atoms with E-state index < -0.39 is 0 Å². The van der Waals surface area contributed by atoms with Crippen molar-refractivity contribution in [3.05, 3.63) is 71.9 Å². The van der Waals surface area contributed by atoms with Gasteiger partial charge >= 0.3 is 0 Å². The highest BCUT2D eigenvalue weighted by Gasteiger charge is 2.11. The van der Waals surface area contributed by atoms with E-state index in [9.17, 15) is 0 Å². The van der Waals surface area contributed by atoms with Crippen LogP contribution in [0.3, 0.4) is 0 Å². The third-order valence-corrected chi connectivity index (χ3v) is 3.77. The molecule has 4 nitrogen and oxygen atoms in total. The number of nitrogens with zero attached hydrogens (tertiary/aromatic N) is 2. The standard InChI is InChI=1S/C19H21N3O/c1-23-18-9-5-8-16(12-18)19-13-17(10-11-20)21-22(19)14-15-6-3-2-4-7-15/h2-9,12-13H,10-11,14,20H2,1H3. The molecule has 0 aliphatic rings. The van der Waals surface area contributed by atoms with Gasteiger partial charge in [-0.1, -0.05) is 42.5 Å². The number of aromatic nitrogens is 2. The quantitative estimate of drug-likeness (QED) is 0.761. The molecule has 0 saturated carbocycles. The van der Waals surface area contributed by atoms with Crippen LogP contribution < -0.4 is 10.5 Å². The molecule has 1 heterocycles. The molecular formula is C19H21N3O. The van der Waals surface area contributed by atoms with E-state index in [2.05, 4.69) is 24.3 Å². The molecule has 0 spiro atoms. The van der Waals surface area contributed by atoms with E-state index in [1.165, 1.54) is 5.56 Å². The van der Waals surface area contributed by atoms with Crippen LogP contribution in [0.25, 0.3) is 11.3 Å². The van der Waals surface area contributed by atoms with Crippen LogP contribution >= 0.6 is 0 Å². The van der Waals surface area contributed by atoms with Crippen LogP contribution in [0.1, 0.15) is 11.3 Å². The lowest BCUT2D eigenvalue weighted by Crippen LogP contribution is -2.06. The van der Waals surface area contributed by atoms with Crippen molar-refractivity contribution < 1.29 is 4.74 Å². The number of benzene rings is 2. The van der Waals surface area contributed by atoms with Gasteiger partial charge in [-0.2, -0.15) is 5.10 Å². The van der Waals surface area contributed by atoms with Crippen molar-refractivity contribution in [1.82, 2.24) is 9.78 Å². The van der Waals surface area contributed by atoms with Crippen molar-refractivity contribution in [1.29, 1.82) is 0 Å². The fourth-order valence-corrected chi connectivity index (χ4v) is 2.63. The number of methoxy groups -OCH3 is 1. The molecule has 0 aliphatic heterocycles. The number of rotatable bonds is 6. The SMILES string of the molecule is COc1cccc(-c2cc(CCN)nn2Cc2ccccc2)c1. The molecule has 0 fully saturated rings. The van der Waals surface area contributed by atoms with E-state index >= 15 is 0 Å². The van der Waals surface area contributed by atoms with Crippen molar-refractivity contribution in [2.24, 2.45) is 5.73 Å². The van der Waals surface area contributed by atoms with Gasteiger partial charge in [-0.05, 0) is 30.3 Å². The number of nitrogens with two attached hydrogens (primary N) is 1. The van der Waals surface area contributed by atoms with Crippen LogP contribution in [0, 0.1) is 0 Å². The zero-order valence-corrected chi connectivity index (χ0v) is 13.3. The zero-order chi connectivity index (χ0) is 16.1. The van der Waals surface area contributed by atoms with Crippen LogP contribution in [0.15, 0.2) is 60.7 Å². The third-order valence-electron chi connectivity index (χ3n) is 3.77. The van der Waals surface area contributed by atoms with E-state index in [0.717, 1.165) is 35.7 Å². The topological polar surface area (TPSA) is 53.1 Å². The minimum atomic E-state index is 0.597. The number of hydrogen-bond acceptors (Lipinski definition) is 3. The van der Waals surface area contributed by atoms with Crippen LogP contribution in [-0.2, 0) is 13.0 Å². The summed E-state index contributed by atoms with van der Waals surface area (Å²) in [6.45, 7) is 1.33. The second-order valence-electron chi connectivity index (χ2n) is 5.43. The molecule has 3 rings (SSSR count). The van der Waals surface area contributed by atoms with Gasteiger partial charge in [0.1, 0.15) is 5.75 Å². The molecule has 0 radical (unpaired) electrons. The molecule has 0 saturated heterocycles. The fourth-order valence-electron chi connectivity index (χ4n) is 2.63. The van der Waals surface area contributed by atoms with E-state index in [0.29, 0.717) is 6.54 Å². The Morgan fingerprint density at radius 2 is 1.87 bits per heavy atom. The second kappa shape index (κ2) is 7.11. The molecule has 3 aromatic rings. The molecule has 4 heteroatoms. The summed E-state index contributed by atoms with van der Waals surface area (Å²) in [4.78, 5) is 0. The molecule has 0 aliphatic carbocycles. The number of ether oxygens (including phenoxy) is 1. The average Bonchev–Trinajstić information content (AvgIpc) is 2.99. The van der Waals surface area contributed by atoms with Gasteiger partial charge in [0.25, 0.3) is 0 Å². The average molecular weight is 307 g/mol. The highest BCUT2D eigenvalue weighted by atomic mass is 16.5. The second-order valence-corrected chi connectivity index (χ2v) is 5.43. The van der Waals surface area contributed by atoms with Crippen LogP contribution in [0.4, 0.5) is 0 Å². The Balaban J connectivity index is 2.00. The molecule has 118 valence electrons. The molecule has 0 atom stereocenters. The normalized spacial score (nSPS) is 10.7. The Morgan fingerprint density at radius 3 is 2.61 bits per heavy atom. The van der Waals surface area contributed by atoms with Crippen LogP contribution in [-0.4, -0.2) is 23.4 Å². The summed E-state index contributed by atoms with van der Waals surface area (Å²) >= 11 is 0. The molecule has 2 aromatic carbocycles. The third kappa shape index (κ3) is 3.60. The maximum Gasteiger partial charge on any atom is 0.119 e. The van der Waals surface area contributed by atoms with Gasteiger partial charge < -0.3 is 10.5 Å². The van der Waals surface area contributed by atoms with E-state index in [4.69, 9.17) is 15.6 Å². The summed E-state index contributed by atoms with van der Waals surface area (Å²) in [5, 5.41) is 4.72. The maximum atomic E-state index is 5.69. The predicted octanol–water partition coefficient (Wildman–Crippen LogP) is 3.11. The fraction of sp³-hybridized carbons (Fsp3) is 0.211. The van der Waals surface area contributed by atoms with Crippen molar-refractivity contribution in [3.8, 4) is 17.0 Å². The molecule has 23 heavy (non-hydrogen) atoms. The van der Waals surface area contributed by atoms with Crippen molar-refractivity contribution in [2.45, 2.75) is 13.0 Å². The summed E-state index contributed by atoms with van der Waals surface area (Å²) in [5.41, 5.74) is 10.1. The summed E-state index contributed by atoms with van der Waals surface area (Å²) < 4.78 is 7.38. The van der Waals surface area contributed by atoms with Gasteiger partial charge in [0.15, 0.2) is 0 Å². The predicted molar refractivity (Wildman–Crippen MR) is 92.5 cm³/mol. The van der Waals surface area contributed by atoms with Crippen LogP contribution in [0.2, 0.25) is 0 Å². The Labute approximate surface area is 136 Å². The number of hydrogen-bond donors (Lipinski definition) is 1. The first-order chi connectivity index (χ1) is 11.3. The lowest BCUT2D eigenvalue weighted by molar-refractivity contribution is 0.415. The molecule has 1 aromatic heterocycles. The van der Waals surface area contributed by atoms with Crippen LogP contribution in [0.5, 0.6) is 5.75 Å². The molecule has 0 amide bonds. The summed E-state index contributed by atoms with van der Waals surface area (Å²) in [6.07, 6.45) is 0.777. The van der Waals surface area contributed by atoms with Crippen molar-refractivity contribution in [3.63, 3.8) is 0 Å². The van der Waals surface area contributed by atoms with Crippen molar-refractivity contribution in [2.75, 3.05) is 13.7 Å². The summed E-state index contributed by atoms with van der Waals surface area (Å²) in [6, 6.07) is 20.5.